The molecule has 0 fully saturated rings. The molecule has 100 valence electrons. The monoisotopic (exact) mass is 287 g/mol. The molecule has 0 saturated heterocycles. The van der Waals surface area contributed by atoms with Crippen LogP contribution in [0.2, 0.25) is 0 Å². The number of thiocarbonyl (C=S) groups is 1. The van der Waals surface area contributed by atoms with Crippen LogP contribution in [0.4, 0.5) is 0 Å². The van der Waals surface area contributed by atoms with Crippen LogP contribution in [-0.2, 0) is 4.79 Å². The molecule has 0 radical (unpaired) electrons. The molecule has 1 aromatic carbocycles. The summed E-state index contributed by atoms with van der Waals surface area (Å²) in [7, 11) is 0. The average molecular weight is 287 g/mol. The number of carbonyl (C=O) groups excluding carboxylic acids is 2. The molecule has 0 atom stereocenters. The first-order chi connectivity index (χ1) is 9.56. The van der Waals surface area contributed by atoms with Gasteiger partial charge in [0.15, 0.2) is 5.11 Å². The van der Waals surface area contributed by atoms with E-state index in [9.17, 15) is 9.59 Å². The maximum Gasteiger partial charge on any atom is 0.257 e. The first-order valence-corrected chi connectivity index (χ1v) is 5.75. The summed E-state index contributed by atoms with van der Waals surface area (Å²) in [5, 5.41) is 19.1. The summed E-state index contributed by atoms with van der Waals surface area (Å²) < 4.78 is 0. The molecule has 0 aromatic heterocycles. The molecule has 0 aliphatic rings. The van der Waals surface area contributed by atoms with Gasteiger partial charge in [-0.1, -0.05) is 0 Å². The second kappa shape index (κ2) is 7.46. The Labute approximate surface area is 120 Å². The van der Waals surface area contributed by atoms with E-state index in [1.807, 2.05) is 6.07 Å². The molecule has 0 aliphatic heterocycles. The van der Waals surface area contributed by atoms with E-state index in [0.29, 0.717) is 11.1 Å². The molecular weight excluding hydrogens is 278 g/mol. The molecule has 0 aliphatic carbocycles. The quantitative estimate of drug-likeness (QED) is 0.525. The molecule has 7 nitrogen and oxygen atoms in total. The SMILES string of the molecule is N#CCC(=O)NNC(=S)NC(=O)c1ccc(C#N)cc1. The highest BCUT2D eigenvalue weighted by Gasteiger charge is 2.08. The molecule has 0 bridgehead atoms. The van der Waals surface area contributed by atoms with Gasteiger partial charge < -0.3 is 0 Å². The van der Waals surface area contributed by atoms with Crippen molar-refractivity contribution in [3.8, 4) is 12.1 Å². The van der Waals surface area contributed by atoms with Gasteiger partial charge in [0, 0.05) is 5.56 Å². The minimum Gasteiger partial charge on any atom is -0.298 e. The second-order valence-corrected chi connectivity index (χ2v) is 3.89. The van der Waals surface area contributed by atoms with Crippen molar-refractivity contribution >= 4 is 29.1 Å². The Kier molecular flexibility index (Phi) is 5.63. The predicted octanol–water partition coefficient (Wildman–Crippen LogP) is 0.107. The molecular formula is C12H9N5O2S. The van der Waals surface area contributed by atoms with E-state index < -0.39 is 11.8 Å². The van der Waals surface area contributed by atoms with Gasteiger partial charge in [-0.15, -0.1) is 0 Å². The van der Waals surface area contributed by atoms with Gasteiger partial charge >= 0.3 is 0 Å². The Bertz CT molecular complexity index is 612. The number of hydrazine groups is 1. The molecule has 0 saturated carbocycles. The van der Waals surface area contributed by atoms with Gasteiger partial charge in [-0.25, -0.2) is 0 Å². The maximum absolute atomic E-state index is 11.7. The standard InChI is InChI=1S/C12H9N5O2S/c13-6-5-10(18)16-17-12(20)15-11(19)9-3-1-8(7-14)2-4-9/h1-4H,5H2,(H,16,18)(H2,15,17,19,20). The molecule has 1 aromatic rings. The van der Waals surface area contributed by atoms with Crippen LogP contribution >= 0.6 is 12.2 Å². The van der Waals surface area contributed by atoms with E-state index in [1.165, 1.54) is 24.3 Å². The highest BCUT2D eigenvalue weighted by Crippen LogP contribution is 2.02. The summed E-state index contributed by atoms with van der Waals surface area (Å²) in [6.07, 6.45) is -0.320. The van der Waals surface area contributed by atoms with E-state index in [2.05, 4.69) is 16.2 Å². The minimum atomic E-state index is -0.567. The van der Waals surface area contributed by atoms with E-state index >= 15 is 0 Å². The van der Waals surface area contributed by atoms with Gasteiger partial charge in [0.1, 0.15) is 6.42 Å². The number of carbonyl (C=O) groups is 2. The number of nitrogens with one attached hydrogen (secondary N) is 3. The molecule has 2 amide bonds. The Hall–Kier alpha value is -2.97. The summed E-state index contributed by atoms with van der Waals surface area (Å²) in [5.41, 5.74) is 5.19. The van der Waals surface area contributed by atoms with Crippen LogP contribution in [0.5, 0.6) is 0 Å². The lowest BCUT2D eigenvalue weighted by molar-refractivity contribution is -0.120. The van der Waals surface area contributed by atoms with E-state index in [1.54, 1.807) is 6.07 Å². The van der Waals surface area contributed by atoms with Crippen molar-refractivity contribution in [1.82, 2.24) is 16.2 Å². The van der Waals surface area contributed by atoms with Crippen molar-refractivity contribution < 1.29 is 9.59 Å². The lowest BCUT2D eigenvalue weighted by atomic mass is 10.1. The molecule has 1 rings (SSSR count). The fourth-order valence-corrected chi connectivity index (χ4v) is 1.29. The Morgan fingerprint density at radius 3 is 2.35 bits per heavy atom. The smallest absolute Gasteiger partial charge is 0.257 e. The molecule has 0 unspecified atom stereocenters. The zero-order chi connectivity index (χ0) is 15.0. The predicted molar refractivity (Wildman–Crippen MR) is 72.7 cm³/mol. The van der Waals surface area contributed by atoms with Crippen molar-refractivity contribution in [3.05, 3.63) is 35.4 Å². The van der Waals surface area contributed by atoms with E-state index in [-0.39, 0.29) is 11.5 Å². The van der Waals surface area contributed by atoms with E-state index in [4.69, 9.17) is 22.7 Å². The number of nitrogens with zero attached hydrogens (tertiary/aromatic N) is 2. The summed E-state index contributed by atoms with van der Waals surface area (Å²) in [6, 6.07) is 9.55. The topological polar surface area (TPSA) is 118 Å². The lowest BCUT2D eigenvalue weighted by Gasteiger charge is -2.09. The third kappa shape index (κ3) is 4.72. The number of benzene rings is 1. The van der Waals surface area contributed by atoms with Crippen LogP contribution in [0, 0.1) is 22.7 Å². The third-order valence-corrected chi connectivity index (χ3v) is 2.26. The van der Waals surface area contributed by atoms with Crippen LogP contribution in [0.3, 0.4) is 0 Å². The fraction of sp³-hybridized carbons (Fsp3) is 0.0833. The maximum atomic E-state index is 11.7. The zero-order valence-electron chi connectivity index (χ0n) is 10.1. The van der Waals surface area contributed by atoms with Crippen LogP contribution in [0.1, 0.15) is 22.3 Å². The van der Waals surface area contributed by atoms with Gasteiger partial charge in [0.25, 0.3) is 11.8 Å². The lowest BCUT2D eigenvalue weighted by Crippen LogP contribution is -2.48. The number of hydrogen-bond donors (Lipinski definition) is 3. The number of hydrogen-bond acceptors (Lipinski definition) is 5. The average Bonchev–Trinajstić information content (AvgIpc) is 2.45. The first-order valence-electron chi connectivity index (χ1n) is 5.34. The van der Waals surface area contributed by atoms with Crippen LogP contribution in [0.15, 0.2) is 24.3 Å². The van der Waals surface area contributed by atoms with Crippen molar-refractivity contribution in [2.75, 3.05) is 0 Å². The van der Waals surface area contributed by atoms with Crippen LogP contribution in [0.25, 0.3) is 0 Å². The summed E-state index contributed by atoms with van der Waals surface area (Å²) >= 11 is 4.79. The van der Waals surface area contributed by atoms with Crippen molar-refractivity contribution in [1.29, 1.82) is 10.5 Å². The second-order valence-electron chi connectivity index (χ2n) is 3.48. The van der Waals surface area contributed by atoms with Crippen LogP contribution < -0.4 is 16.2 Å². The summed E-state index contributed by atoms with van der Waals surface area (Å²) in [6.45, 7) is 0. The fourth-order valence-electron chi connectivity index (χ4n) is 1.15. The minimum absolute atomic E-state index is 0.106. The number of nitriles is 2. The van der Waals surface area contributed by atoms with Gasteiger partial charge in [0.05, 0.1) is 17.7 Å². The first kappa shape index (κ1) is 15.1. The zero-order valence-corrected chi connectivity index (χ0v) is 11.0. The Balaban J connectivity index is 2.49. The molecule has 8 heteroatoms. The Morgan fingerprint density at radius 2 is 1.80 bits per heavy atom. The largest absolute Gasteiger partial charge is 0.298 e. The van der Waals surface area contributed by atoms with E-state index in [0.717, 1.165) is 0 Å². The number of amides is 2. The molecule has 0 spiro atoms. The van der Waals surface area contributed by atoms with Gasteiger partial charge in [-0.05, 0) is 36.5 Å². The molecule has 0 heterocycles. The normalized spacial score (nSPS) is 8.70. The van der Waals surface area contributed by atoms with Gasteiger partial charge in [0.2, 0.25) is 0 Å². The highest BCUT2D eigenvalue weighted by atomic mass is 32.1. The van der Waals surface area contributed by atoms with Gasteiger partial charge in [-0.2, -0.15) is 10.5 Å². The molecule has 20 heavy (non-hydrogen) atoms. The van der Waals surface area contributed by atoms with Crippen molar-refractivity contribution in [3.63, 3.8) is 0 Å². The van der Waals surface area contributed by atoms with Gasteiger partial charge in [-0.3, -0.25) is 25.8 Å². The number of rotatable bonds is 2. The molecule has 3 N–H and O–H groups in total. The van der Waals surface area contributed by atoms with Crippen molar-refractivity contribution in [2.24, 2.45) is 0 Å². The van der Waals surface area contributed by atoms with Crippen LogP contribution in [-0.4, -0.2) is 16.9 Å². The van der Waals surface area contributed by atoms with Crippen molar-refractivity contribution in [2.45, 2.75) is 6.42 Å². The third-order valence-electron chi connectivity index (χ3n) is 2.06. The summed E-state index contributed by atoms with van der Waals surface area (Å²) in [4.78, 5) is 22.7. The Morgan fingerprint density at radius 1 is 1.15 bits per heavy atom. The highest BCUT2D eigenvalue weighted by molar-refractivity contribution is 7.80. The summed E-state index contributed by atoms with van der Waals surface area (Å²) in [5.74, 6) is -1.05.